The number of aromatic nitrogens is 1. The zero-order chi connectivity index (χ0) is 14.0. The summed E-state index contributed by atoms with van der Waals surface area (Å²) >= 11 is 0. The van der Waals surface area contributed by atoms with Gasteiger partial charge < -0.3 is 15.0 Å². The molecule has 1 aliphatic rings. The monoisotopic (exact) mass is 263 g/mol. The minimum Gasteiger partial charge on any atom is -0.372 e. The Morgan fingerprint density at radius 1 is 1.21 bits per heavy atom. The topological polar surface area (TPSA) is 37.4 Å². The van der Waals surface area contributed by atoms with Crippen molar-refractivity contribution in [3.8, 4) is 0 Å². The second-order valence-corrected chi connectivity index (χ2v) is 6.42. The number of nitrogens with one attached hydrogen (secondary N) is 1. The largest absolute Gasteiger partial charge is 0.372 e. The van der Waals surface area contributed by atoms with Gasteiger partial charge in [0.05, 0.1) is 12.2 Å². The average Bonchev–Trinajstić information content (AvgIpc) is 2.25. The van der Waals surface area contributed by atoms with E-state index in [-0.39, 0.29) is 17.7 Å². The van der Waals surface area contributed by atoms with Gasteiger partial charge in [-0.1, -0.05) is 6.07 Å². The lowest BCUT2D eigenvalue weighted by atomic mass is 10.1. The molecule has 2 heterocycles. The van der Waals surface area contributed by atoms with Crippen LogP contribution in [0.4, 0.5) is 11.6 Å². The van der Waals surface area contributed by atoms with Crippen molar-refractivity contribution in [1.82, 2.24) is 4.98 Å². The molecule has 1 fully saturated rings. The van der Waals surface area contributed by atoms with E-state index in [9.17, 15) is 0 Å². The maximum absolute atomic E-state index is 5.76. The number of hydrogen-bond donors (Lipinski definition) is 1. The highest BCUT2D eigenvalue weighted by Crippen LogP contribution is 2.21. The van der Waals surface area contributed by atoms with Gasteiger partial charge in [0.2, 0.25) is 0 Å². The number of anilines is 2. The highest BCUT2D eigenvalue weighted by atomic mass is 16.5. The normalized spacial score (nSPS) is 24.4. The molecule has 1 N–H and O–H groups in total. The number of morpholine rings is 1. The molecule has 1 aromatic heterocycles. The van der Waals surface area contributed by atoms with Crippen LogP contribution in [-0.4, -0.2) is 35.8 Å². The summed E-state index contributed by atoms with van der Waals surface area (Å²) in [6.45, 7) is 12.4. The lowest BCUT2D eigenvalue weighted by molar-refractivity contribution is -0.00545. The van der Waals surface area contributed by atoms with E-state index >= 15 is 0 Å². The number of hydrogen-bond acceptors (Lipinski definition) is 4. The summed E-state index contributed by atoms with van der Waals surface area (Å²) in [5.41, 5.74) is 0.0250. The van der Waals surface area contributed by atoms with Crippen molar-refractivity contribution in [3.63, 3.8) is 0 Å². The molecule has 2 atom stereocenters. The zero-order valence-corrected chi connectivity index (χ0v) is 12.6. The Morgan fingerprint density at radius 2 is 1.84 bits per heavy atom. The SMILES string of the molecule is CC1CN(c2cccc(NC(C)(C)C)n2)CC(C)O1. The number of ether oxygens (including phenoxy) is 1. The third kappa shape index (κ3) is 4.10. The van der Waals surface area contributed by atoms with Crippen LogP contribution in [0.1, 0.15) is 34.6 Å². The maximum atomic E-state index is 5.76. The Morgan fingerprint density at radius 3 is 2.42 bits per heavy atom. The Labute approximate surface area is 116 Å². The van der Waals surface area contributed by atoms with Gasteiger partial charge in [-0.3, -0.25) is 0 Å². The minimum atomic E-state index is 0.0250. The number of rotatable bonds is 2. The van der Waals surface area contributed by atoms with Gasteiger partial charge in [0.1, 0.15) is 11.6 Å². The van der Waals surface area contributed by atoms with Crippen LogP contribution in [0.3, 0.4) is 0 Å². The molecule has 0 bridgehead atoms. The van der Waals surface area contributed by atoms with Gasteiger partial charge in [-0.15, -0.1) is 0 Å². The zero-order valence-electron chi connectivity index (χ0n) is 12.6. The first-order valence-corrected chi connectivity index (χ1v) is 6.99. The van der Waals surface area contributed by atoms with E-state index in [0.29, 0.717) is 0 Å². The van der Waals surface area contributed by atoms with Crippen molar-refractivity contribution in [2.45, 2.75) is 52.4 Å². The molecule has 19 heavy (non-hydrogen) atoms. The Kier molecular flexibility index (Phi) is 3.99. The van der Waals surface area contributed by atoms with Crippen molar-refractivity contribution in [3.05, 3.63) is 18.2 Å². The van der Waals surface area contributed by atoms with E-state index in [1.807, 2.05) is 6.07 Å². The van der Waals surface area contributed by atoms with Crippen LogP contribution in [0, 0.1) is 0 Å². The van der Waals surface area contributed by atoms with Gasteiger partial charge in [0, 0.05) is 18.6 Å². The van der Waals surface area contributed by atoms with Crippen LogP contribution in [0.15, 0.2) is 18.2 Å². The van der Waals surface area contributed by atoms with Crippen molar-refractivity contribution in [2.24, 2.45) is 0 Å². The van der Waals surface area contributed by atoms with Gasteiger partial charge in [0.25, 0.3) is 0 Å². The van der Waals surface area contributed by atoms with Crippen LogP contribution < -0.4 is 10.2 Å². The van der Waals surface area contributed by atoms with E-state index in [0.717, 1.165) is 24.7 Å². The summed E-state index contributed by atoms with van der Waals surface area (Å²) in [6, 6.07) is 6.14. The van der Waals surface area contributed by atoms with E-state index in [1.165, 1.54) is 0 Å². The fourth-order valence-electron chi connectivity index (χ4n) is 2.42. The molecule has 4 heteroatoms. The van der Waals surface area contributed by atoms with Crippen molar-refractivity contribution >= 4 is 11.6 Å². The molecule has 0 amide bonds. The van der Waals surface area contributed by atoms with Gasteiger partial charge in [-0.05, 0) is 46.8 Å². The quantitative estimate of drug-likeness (QED) is 0.890. The molecule has 0 radical (unpaired) electrons. The van der Waals surface area contributed by atoms with E-state index in [1.54, 1.807) is 0 Å². The van der Waals surface area contributed by atoms with Crippen LogP contribution in [0.25, 0.3) is 0 Å². The van der Waals surface area contributed by atoms with Gasteiger partial charge in [-0.25, -0.2) is 4.98 Å². The molecule has 0 aromatic carbocycles. The molecule has 0 spiro atoms. The van der Waals surface area contributed by atoms with E-state index in [2.05, 4.69) is 57.0 Å². The molecule has 106 valence electrons. The maximum Gasteiger partial charge on any atom is 0.131 e. The number of pyridine rings is 1. The third-order valence-corrected chi connectivity index (χ3v) is 2.98. The first-order chi connectivity index (χ1) is 8.83. The van der Waals surface area contributed by atoms with Crippen LogP contribution >= 0.6 is 0 Å². The minimum absolute atomic E-state index is 0.0250. The van der Waals surface area contributed by atoms with Crippen LogP contribution in [0.2, 0.25) is 0 Å². The molecular weight excluding hydrogens is 238 g/mol. The summed E-state index contributed by atoms with van der Waals surface area (Å²) in [4.78, 5) is 7.01. The highest BCUT2D eigenvalue weighted by Gasteiger charge is 2.23. The lowest BCUT2D eigenvalue weighted by Crippen LogP contribution is -2.45. The first kappa shape index (κ1) is 14.1. The first-order valence-electron chi connectivity index (χ1n) is 6.99. The smallest absolute Gasteiger partial charge is 0.131 e. The molecule has 1 saturated heterocycles. The fraction of sp³-hybridized carbons (Fsp3) is 0.667. The second kappa shape index (κ2) is 5.37. The molecule has 4 nitrogen and oxygen atoms in total. The summed E-state index contributed by atoms with van der Waals surface area (Å²) in [5.74, 6) is 1.95. The molecule has 0 aliphatic carbocycles. The van der Waals surface area contributed by atoms with E-state index < -0.39 is 0 Å². The Bertz CT molecular complexity index is 418. The van der Waals surface area contributed by atoms with Crippen molar-refractivity contribution < 1.29 is 4.74 Å². The Balaban J connectivity index is 2.14. The van der Waals surface area contributed by atoms with Crippen molar-refractivity contribution in [1.29, 1.82) is 0 Å². The summed E-state index contributed by atoms with van der Waals surface area (Å²) in [7, 11) is 0. The standard InChI is InChI=1S/C15H25N3O/c1-11-9-18(10-12(2)19-11)14-8-6-7-13(16-14)17-15(3,4)5/h6-8,11-12H,9-10H2,1-5H3,(H,16,17). The predicted octanol–water partition coefficient (Wildman–Crippen LogP) is 2.91. The average molecular weight is 263 g/mol. The van der Waals surface area contributed by atoms with Crippen LogP contribution in [0.5, 0.6) is 0 Å². The van der Waals surface area contributed by atoms with Gasteiger partial charge in [0.15, 0.2) is 0 Å². The van der Waals surface area contributed by atoms with E-state index in [4.69, 9.17) is 9.72 Å². The molecule has 2 rings (SSSR count). The van der Waals surface area contributed by atoms with Gasteiger partial charge >= 0.3 is 0 Å². The van der Waals surface area contributed by atoms with Crippen molar-refractivity contribution in [2.75, 3.05) is 23.3 Å². The summed E-state index contributed by atoms with van der Waals surface area (Å²) in [5, 5.41) is 3.41. The predicted molar refractivity (Wildman–Crippen MR) is 79.8 cm³/mol. The van der Waals surface area contributed by atoms with Crippen LogP contribution in [-0.2, 0) is 4.74 Å². The molecular formula is C15H25N3O. The number of nitrogens with zero attached hydrogens (tertiary/aromatic N) is 2. The lowest BCUT2D eigenvalue weighted by Gasteiger charge is -2.36. The van der Waals surface area contributed by atoms with Gasteiger partial charge in [-0.2, -0.15) is 0 Å². The molecule has 2 unspecified atom stereocenters. The summed E-state index contributed by atoms with van der Waals surface area (Å²) in [6.07, 6.45) is 0.509. The Hall–Kier alpha value is -1.29. The fourth-order valence-corrected chi connectivity index (χ4v) is 2.42. The second-order valence-electron chi connectivity index (χ2n) is 6.42. The molecule has 1 aliphatic heterocycles. The molecule has 0 saturated carbocycles. The third-order valence-electron chi connectivity index (χ3n) is 2.98. The molecule has 1 aromatic rings. The highest BCUT2D eigenvalue weighted by molar-refractivity contribution is 5.48. The summed E-state index contributed by atoms with van der Waals surface area (Å²) < 4.78 is 5.76.